The molecule has 1 N–H and O–H groups in total. The Morgan fingerprint density at radius 3 is 2.44 bits per heavy atom. The molecular formula is C16H13ClFN3O2S2. The number of nitriles is 1. The second-order valence-corrected chi connectivity index (χ2v) is 8.16. The van der Waals surface area contributed by atoms with E-state index in [9.17, 15) is 12.8 Å². The van der Waals surface area contributed by atoms with Crippen LogP contribution >= 0.6 is 23.4 Å². The summed E-state index contributed by atoms with van der Waals surface area (Å²) in [6.07, 6.45) is 4.56. The normalized spacial score (nSPS) is 11.9. The summed E-state index contributed by atoms with van der Waals surface area (Å²) in [6.45, 7) is 0. The number of benzene rings is 2. The van der Waals surface area contributed by atoms with Crippen molar-refractivity contribution in [2.45, 2.75) is 4.90 Å². The van der Waals surface area contributed by atoms with Crippen molar-refractivity contribution in [1.82, 2.24) is 5.32 Å². The van der Waals surface area contributed by atoms with Gasteiger partial charge in [0.05, 0.1) is 15.6 Å². The summed E-state index contributed by atoms with van der Waals surface area (Å²) in [5, 5.41) is 11.4. The summed E-state index contributed by atoms with van der Waals surface area (Å²) in [7, 11) is -3.33. The first kappa shape index (κ1) is 19.2. The van der Waals surface area contributed by atoms with Gasteiger partial charge in [0.25, 0.3) is 0 Å². The van der Waals surface area contributed by atoms with Gasteiger partial charge in [-0.2, -0.15) is 5.26 Å². The number of sulfone groups is 1. The standard InChI is InChI=1S/C16H13ClFN3O2S2/c1-24-16(20-9-19)21-11-7-13(17)15(14(18)8-11)10-3-5-12(6-4-10)25(2,22)23/h3-8H,1-2H3,(H,20,21). The van der Waals surface area contributed by atoms with E-state index in [-0.39, 0.29) is 21.2 Å². The van der Waals surface area contributed by atoms with Crippen LogP contribution in [0.25, 0.3) is 11.1 Å². The number of nitrogens with one attached hydrogen (secondary N) is 1. The lowest BCUT2D eigenvalue weighted by Crippen LogP contribution is -2.12. The lowest BCUT2D eigenvalue weighted by molar-refractivity contribution is 0.602. The van der Waals surface area contributed by atoms with E-state index < -0.39 is 15.7 Å². The summed E-state index contributed by atoms with van der Waals surface area (Å²) in [5.41, 5.74) is 0.858. The average molecular weight is 398 g/mol. The molecule has 0 saturated carbocycles. The maximum atomic E-state index is 14.5. The molecule has 0 fully saturated rings. The maximum absolute atomic E-state index is 14.5. The highest BCUT2D eigenvalue weighted by Crippen LogP contribution is 2.35. The van der Waals surface area contributed by atoms with Crippen LogP contribution < -0.4 is 5.32 Å². The summed E-state index contributed by atoms with van der Waals surface area (Å²) < 4.78 is 37.5. The van der Waals surface area contributed by atoms with Crippen LogP contribution in [0.4, 0.5) is 10.1 Å². The predicted octanol–water partition coefficient (Wildman–Crippen LogP) is 3.97. The number of hydrogen-bond acceptors (Lipinski definition) is 5. The zero-order valence-electron chi connectivity index (χ0n) is 13.2. The number of thioether (sulfide) groups is 1. The monoisotopic (exact) mass is 397 g/mol. The second-order valence-electron chi connectivity index (χ2n) is 4.94. The molecule has 0 atom stereocenters. The van der Waals surface area contributed by atoms with E-state index in [1.54, 1.807) is 12.4 Å². The Hall–Kier alpha value is -2.08. The molecule has 25 heavy (non-hydrogen) atoms. The predicted molar refractivity (Wildman–Crippen MR) is 99.3 cm³/mol. The number of rotatable bonds is 3. The molecule has 5 nitrogen and oxygen atoms in total. The minimum atomic E-state index is -3.33. The van der Waals surface area contributed by atoms with Crippen molar-refractivity contribution in [3.05, 3.63) is 47.2 Å². The van der Waals surface area contributed by atoms with E-state index >= 15 is 0 Å². The Morgan fingerprint density at radius 2 is 1.96 bits per heavy atom. The van der Waals surface area contributed by atoms with Crippen LogP contribution in [0.1, 0.15) is 0 Å². The van der Waals surface area contributed by atoms with Gasteiger partial charge in [-0.3, -0.25) is 5.32 Å². The van der Waals surface area contributed by atoms with Gasteiger partial charge in [0.1, 0.15) is 5.82 Å². The van der Waals surface area contributed by atoms with Crippen LogP contribution in [-0.2, 0) is 9.84 Å². The molecule has 0 spiro atoms. The first-order valence-corrected chi connectivity index (χ1v) is 10.3. The van der Waals surface area contributed by atoms with E-state index in [1.807, 2.05) is 0 Å². The maximum Gasteiger partial charge on any atom is 0.183 e. The summed E-state index contributed by atoms with van der Waals surface area (Å²) in [6, 6.07) is 8.45. The molecule has 0 unspecified atom stereocenters. The second kappa shape index (κ2) is 7.87. The first-order chi connectivity index (χ1) is 11.8. The molecule has 0 aliphatic heterocycles. The molecule has 0 aromatic heterocycles. The summed E-state index contributed by atoms with van der Waals surface area (Å²) >= 11 is 7.38. The topological polar surface area (TPSA) is 82.3 Å². The van der Waals surface area contributed by atoms with Crippen LogP contribution in [0.2, 0.25) is 5.02 Å². The lowest BCUT2D eigenvalue weighted by atomic mass is 10.0. The Labute approximate surface area is 154 Å². The van der Waals surface area contributed by atoms with Gasteiger partial charge < -0.3 is 0 Å². The van der Waals surface area contributed by atoms with E-state index in [0.29, 0.717) is 10.7 Å². The fourth-order valence-corrected chi connectivity index (χ4v) is 3.34. The molecule has 0 bridgehead atoms. The average Bonchev–Trinajstić information content (AvgIpc) is 2.53. The number of halogens is 2. The van der Waals surface area contributed by atoms with Gasteiger partial charge in [-0.05, 0) is 30.0 Å². The van der Waals surface area contributed by atoms with Gasteiger partial charge in [0, 0.05) is 17.9 Å². The molecule has 0 aliphatic carbocycles. The number of nitrogens with zero attached hydrogens (tertiary/aromatic N) is 2. The van der Waals surface area contributed by atoms with Crippen molar-refractivity contribution in [2.24, 2.45) is 4.99 Å². The third kappa shape index (κ3) is 4.72. The molecule has 0 heterocycles. The van der Waals surface area contributed by atoms with E-state index in [0.717, 1.165) is 6.26 Å². The molecule has 0 amide bonds. The molecule has 0 aliphatic rings. The van der Waals surface area contributed by atoms with Crippen LogP contribution in [0.15, 0.2) is 46.3 Å². The Balaban J connectivity index is 2.46. The van der Waals surface area contributed by atoms with Gasteiger partial charge in [-0.25, -0.2) is 17.8 Å². The van der Waals surface area contributed by atoms with Crippen molar-refractivity contribution in [3.63, 3.8) is 0 Å². The van der Waals surface area contributed by atoms with Gasteiger partial charge >= 0.3 is 0 Å². The number of aliphatic imine (C=N–C) groups is 1. The van der Waals surface area contributed by atoms with Crippen LogP contribution in [0.5, 0.6) is 0 Å². The first-order valence-electron chi connectivity index (χ1n) is 6.83. The molecular weight excluding hydrogens is 385 g/mol. The molecule has 2 aromatic rings. The van der Waals surface area contributed by atoms with Crippen molar-refractivity contribution in [2.75, 3.05) is 12.5 Å². The SMILES string of the molecule is CSC(=Nc1cc(F)c(-c2ccc(S(C)(=O)=O)cc2)c(Cl)c1)NC#N. The quantitative estimate of drug-likeness (QED) is 0.366. The van der Waals surface area contributed by atoms with E-state index in [1.165, 1.54) is 48.2 Å². The smallest absolute Gasteiger partial charge is 0.183 e. The van der Waals surface area contributed by atoms with E-state index in [2.05, 4.69) is 10.3 Å². The van der Waals surface area contributed by atoms with Gasteiger partial charge in [-0.1, -0.05) is 35.5 Å². The van der Waals surface area contributed by atoms with Crippen LogP contribution in [0, 0.1) is 17.3 Å². The Kier molecular flexibility index (Phi) is 6.06. The number of amidine groups is 1. The lowest BCUT2D eigenvalue weighted by Gasteiger charge is -2.09. The Bertz CT molecular complexity index is 945. The third-order valence-corrected chi connectivity index (χ3v) is 5.19. The van der Waals surface area contributed by atoms with Crippen molar-refractivity contribution < 1.29 is 12.8 Å². The largest absolute Gasteiger partial charge is 0.271 e. The molecule has 2 aromatic carbocycles. The zero-order valence-corrected chi connectivity index (χ0v) is 15.6. The molecule has 130 valence electrons. The molecule has 0 saturated heterocycles. The molecule has 9 heteroatoms. The van der Waals surface area contributed by atoms with Crippen molar-refractivity contribution in [1.29, 1.82) is 5.26 Å². The molecule has 0 radical (unpaired) electrons. The van der Waals surface area contributed by atoms with Gasteiger partial charge in [0.15, 0.2) is 21.2 Å². The third-order valence-electron chi connectivity index (χ3n) is 3.18. The molecule has 2 rings (SSSR count). The Morgan fingerprint density at radius 1 is 1.32 bits per heavy atom. The number of hydrogen-bond donors (Lipinski definition) is 1. The van der Waals surface area contributed by atoms with Crippen molar-refractivity contribution >= 4 is 44.1 Å². The van der Waals surface area contributed by atoms with Crippen LogP contribution in [-0.4, -0.2) is 26.1 Å². The zero-order chi connectivity index (χ0) is 18.6. The summed E-state index contributed by atoms with van der Waals surface area (Å²) in [4.78, 5) is 4.25. The highest BCUT2D eigenvalue weighted by Gasteiger charge is 2.14. The highest BCUT2D eigenvalue weighted by atomic mass is 35.5. The minimum Gasteiger partial charge on any atom is -0.271 e. The summed E-state index contributed by atoms with van der Waals surface area (Å²) in [5.74, 6) is -0.601. The van der Waals surface area contributed by atoms with Crippen LogP contribution in [0.3, 0.4) is 0 Å². The highest BCUT2D eigenvalue weighted by molar-refractivity contribution is 8.13. The van der Waals surface area contributed by atoms with Gasteiger partial charge in [0.2, 0.25) is 0 Å². The van der Waals surface area contributed by atoms with E-state index in [4.69, 9.17) is 16.9 Å². The van der Waals surface area contributed by atoms with Crippen molar-refractivity contribution in [3.8, 4) is 17.3 Å². The van der Waals surface area contributed by atoms with Gasteiger partial charge in [-0.15, -0.1) is 0 Å². The minimum absolute atomic E-state index is 0.128. The fourth-order valence-electron chi connectivity index (χ4n) is 2.06. The fraction of sp³-hybridized carbons (Fsp3) is 0.125.